The summed E-state index contributed by atoms with van der Waals surface area (Å²) in [5, 5.41) is 6.57. The Morgan fingerprint density at radius 3 is 2.77 bits per heavy atom. The Bertz CT molecular complexity index is 912. The van der Waals surface area contributed by atoms with Gasteiger partial charge in [0, 0.05) is 32.4 Å². The molecule has 2 heterocycles. The van der Waals surface area contributed by atoms with Crippen LogP contribution in [0.15, 0.2) is 36.7 Å². The fraction of sp³-hybridized carbons (Fsp3) is 0.476. The van der Waals surface area contributed by atoms with Gasteiger partial charge in [-0.25, -0.2) is 0 Å². The van der Waals surface area contributed by atoms with E-state index in [4.69, 9.17) is 5.73 Å². The molecule has 10 heteroatoms. The normalized spacial score (nSPS) is 17.5. The van der Waals surface area contributed by atoms with Crippen LogP contribution in [0.5, 0.6) is 0 Å². The summed E-state index contributed by atoms with van der Waals surface area (Å²) >= 11 is 0. The number of nitrogens with zero attached hydrogens (tertiary/aromatic N) is 3. The zero-order valence-corrected chi connectivity index (χ0v) is 17.1. The molecule has 168 valence electrons. The van der Waals surface area contributed by atoms with Crippen molar-refractivity contribution in [1.82, 2.24) is 20.0 Å². The summed E-state index contributed by atoms with van der Waals surface area (Å²) in [6, 6.07) is 7.77. The van der Waals surface area contributed by atoms with Gasteiger partial charge < -0.3 is 11.1 Å². The van der Waals surface area contributed by atoms with E-state index in [0.29, 0.717) is 13.1 Å². The second-order valence-corrected chi connectivity index (χ2v) is 7.84. The Labute approximate surface area is 178 Å². The van der Waals surface area contributed by atoms with E-state index in [1.807, 2.05) is 24.3 Å². The van der Waals surface area contributed by atoms with Gasteiger partial charge in [-0.1, -0.05) is 24.3 Å². The molecule has 3 N–H and O–H groups in total. The molecule has 3 rings (SSSR count). The maximum atomic E-state index is 12.3. The highest BCUT2D eigenvalue weighted by atomic mass is 19.4. The molecule has 0 saturated carbocycles. The van der Waals surface area contributed by atoms with Gasteiger partial charge in [-0.15, -0.1) is 0 Å². The number of benzene rings is 1. The molecule has 2 aromatic rings. The number of aromatic nitrogens is 2. The molecule has 31 heavy (non-hydrogen) atoms. The van der Waals surface area contributed by atoms with Gasteiger partial charge in [0.05, 0.1) is 24.1 Å². The molecule has 1 saturated heterocycles. The van der Waals surface area contributed by atoms with Crippen LogP contribution in [0, 0.1) is 5.92 Å². The molecule has 1 unspecified atom stereocenters. The highest BCUT2D eigenvalue weighted by molar-refractivity contribution is 5.93. The van der Waals surface area contributed by atoms with E-state index >= 15 is 0 Å². The predicted octanol–water partition coefficient (Wildman–Crippen LogP) is 2.46. The van der Waals surface area contributed by atoms with Crippen LogP contribution in [-0.2, 0) is 24.4 Å². The largest absolute Gasteiger partial charge is 0.390 e. The monoisotopic (exact) mass is 437 g/mol. The van der Waals surface area contributed by atoms with Crippen LogP contribution in [0.25, 0.3) is 0 Å². The number of rotatable bonds is 8. The number of carbonyl (C=O) groups excluding carboxylic acids is 2. The fourth-order valence-electron chi connectivity index (χ4n) is 3.66. The first-order valence-corrected chi connectivity index (χ1v) is 10.2. The summed E-state index contributed by atoms with van der Waals surface area (Å²) in [7, 11) is 0. The van der Waals surface area contributed by atoms with Crippen molar-refractivity contribution in [2.24, 2.45) is 11.7 Å². The molecule has 1 aromatic heterocycles. The Balaban J connectivity index is 1.51. The van der Waals surface area contributed by atoms with Crippen molar-refractivity contribution < 1.29 is 22.8 Å². The third kappa shape index (κ3) is 7.09. The molecule has 1 aromatic carbocycles. The Hall–Kier alpha value is -2.88. The predicted molar refractivity (Wildman–Crippen MR) is 108 cm³/mol. The van der Waals surface area contributed by atoms with E-state index in [2.05, 4.69) is 15.3 Å². The number of halogens is 3. The van der Waals surface area contributed by atoms with Crippen LogP contribution in [-0.4, -0.2) is 45.8 Å². The van der Waals surface area contributed by atoms with E-state index in [1.54, 1.807) is 0 Å². The fourth-order valence-corrected chi connectivity index (χ4v) is 3.66. The number of hydrogen-bond acceptors (Lipinski definition) is 4. The van der Waals surface area contributed by atoms with E-state index < -0.39 is 18.5 Å². The Morgan fingerprint density at radius 2 is 2.03 bits per heavy atom. The third-order valence-electron chi connectivity index (χ3n) is 5.28. The van der Waals surface area contributed by atoms with Gasteiger partial charge >= 0.3 is 6.18 Å². The zero-order valence-electron chi connectivity index (χ0n) is 17.1. The Kier molecular flexibility index (Phi) is 7.32. The number of amides is 2. The molecular formula is C21H26F3N5O2. The highest BCUT2D eigenvalue weighted by Crippen LogP contribution is 2.20. The quantitative estimate of drug-likeness (QED) is 0.664. The number of likely N-dealkylation sites (tertiary alicyclic amines) is 1. The van der Waals surface area contributed by atoms with Gasteiger partial charge in [0.2, 0.25) is 5.91 Å². The van der Waals surface area contributed by atoms with Crippen LogP contribution in [0.2, 0.25) is 0 Å². The second kappa shape index (κ2) is 9.95. The van der Waals surface area contributed by atoms with Crippen LogP contribution in [0.3, 0.4) is 0 Å². The van der Waals surface area contributed by atoms with Crippen LogP contribution < -0.4 is 11.1 Å². The van der Waals surface area contributed by atoms with Gasteiger partial charge in [0.25, 0.3) is 5.91 Å². The van der Waals surface area contributed by atoms with E-state index in [-0.39, 0.29) is 30.5 Å². The standard InChI is InChI=1S/C21H26F3N5O2/c22-21(23,24)6-8-29-14-18(11-27-29)20(31)26-10-15-3-1-4-16(9-15)12-28-7-2-5-17(13-28)19(25)30/h1,3-4,9,11,14,17H,2,5-8,10,12-13H2,(H2,25,30)(H,26,31). The smallest absolute Gasteiger partial charge is 0.369 e. The van der Waals surface area contributed by atoms with Crippen molar-refractivity contribution in [1.29, 1.82) is 0 Å². The molecular weight excluding hydrogens is 411 g/mol. The van der Waals surface area contributed by atoms with Crippen molar-refractivity contribution in [3.63, 3.8) is 0 Å². The molecule has 1 aliphatic rings. The highest BCUT2D eigenvalue weighted by Gasteiger charge is 2.27. The first kappa shape index (κ1) is 22.8. The number of piperidine rings is 1. The molecule has 1 fully saturated rings. The van der Waals surface area contributed by atoms with Gasteiger partial charge in [-0.3, -0.25) is 19.2 Å². The van der Waals surface area contributed by atoms with Crippen molar-refractivity contribution in [2.45, 2.75) is 45.1 Å². The lowest BCUT2D eigenvalue weighted by Gasteiger charge is -2.31. The minimum Gasteiger partial charge on any atom is -0.369 e. The zero-order chi connectivity index (χ0) is 22.4. The summed E-state index contributed by atoms with van der Waals surface area (Å²) in [5.41, 5.74) is 7.62. The first-order valence-electron chi connectivity index (χ1n) is 10.2. The number of nitrogens with one attached hydrogen (secondary N) is 1. The SMILES string of the molecule is NC(=O)C1CCCN(Cc2cccc(CNC(=O)c3cnn(CCC(F)(F)F)c3)c2)C1. The van der Waals surface area contributed by atoms with Crippen LogP contribution in [0.1, 0.15) is 40.7 Å². The lowest BCUT2D eigenvalue weighted by atomic mass is 9.97. The molecule has 0 aliphatic carbocycles. The summed E-state index contributed by atoms with van der Waals surface area (Å²) in [4.78, 5) is 25.9. The molecule has 1 atom stereocenters. The van der Waals surface area contributed by atoms with Gasteiger partial charge in [0.1, 0.15) is 0 Å². The summed E-state index contributed by atoms with van der Waals surface area (Å²) < 4.78 is 38.0. The van der Waals surface area contributed by atoms with Crippen LogP contribution >= 0.6 is 0 Å². The second-order valence-electron chi connectivity index (χ2n) is 7.84. The van der Waals surface area contributed by atoms with Gasteiger partial charge in [-0.05, 0) is 30.5 Å². The van der Waals surface area contributed by atoms with E-state index in [1.165, 1.54) is 12.4 Å². The third-order valence-corrected chi connectivity index (χ3v) is 5.28. The van der Waals surface area contributed by atoms with E-state index in [9.17, 15) is 22.8 Å². The first-order chi connectivity index (χ1) is 14.7. The number of aryl methyl sites for hydroxylation is 1. The molecule has 2 amide bonds. The minimum atomic E-state index is -4.27. The van der Waals surface area contributed by atoms with Gasteiger partial charge in [-0.2, -0.15) is 18.3 Å². The molecule has 0 bridgehead atoms. The van der Waals surface area contributed by atoms with Gasteiger partial charge in [0.15, 0.2) is 0 Å². The maximum Gasteiger partial charge on any atom is 0.390 e. The van der Waals surface area contributed by atoms with Crippen LogP contribution in [0.4, 0.5) is 13.2 Å². The van der Waals surface area contributed by atoms with Crippen molar-refractivity contribution >= 4 is 11.8 Å². The lowest BCUT2D eigenvalue weighted by Crippen LogP contribution is -2.40. The van der Waals surface area contributed by atoms with E-state index in [0.717, 1.165) is 35.2 Å². The maximum absolute atomic E-state index is 12.3. The number of carbonyl (C=O) groups is 2. The molecule has 0 spiro atoms. The van der Waals surface area contributed by atoms with Crippen molar-refractivity contribution in [3.05, 3.63) is 53.3 Å². The average molecular weight is 437 g/mol. The van der Waals surface area contributed by atoms with Crippen molar-refractivity contribution in [2.75, 3.05) is 13.1 Å². The van der Waals surface area contributed by atoms with Crippen molar-refractivity contribution in [3.8, 4) is 0 Å². The Morgan fingerprint density at radius 1 is 1.26 bits per heavy atom. The summed E-state index contributed by atoms with van der Waals surface area (Å²) in [6.07, 6.45) is -0.949. The summed E-state index contributed by atoms with van der Waals surface area (Å²) in [6.45, 7) is 2.20. The lowest BCUT2D eigenvalue weighted by molar-refractivity contribution is -0.137. The summed E-state index contributed by atoms with van der Waals surface area (Å²) in [5.74, 6) is -0.778. The topological polar surface area (TPSA) is 93.2 Å². The number of primary amides is 1. The molecule has 1 aliphatic heterocycles. The molecule has 0 radical (unpaired) electrons. The number of hydrogen-bond donors (Lipinski definition) is 2. The average Bonchev–Trinajstić information content (AvgIpc) is 3.20. The molecule has 7 nitrogen and oxygen atoms in total. The number of alkyl halides is 3. The number of nitrogens with two attached hydrogens (primary N) is 1. The minimum absolute atomic E-state index is 0.117.